The van der Waals surface area contributed by atoms with E-state index in [1.165, 1.54) is 11.1 Å². The molecule has 0 unspecified atom stereocenters. The van der Waals surface area contributed by atoms with Crippen LogP contribution in [0.1, 0.15) is 45.2 Å². The second-order valence-electron chi connectivity index (χ2n) is 6.06. The Morgan fingerprint density at radius 2 is 1.65 bits per heavy atom. The molecule has 1 rings (SSSR count). The number of rotatable bonds is 8. The monoisotopic (exact) mass is 276 g/mol. The quantitative estimate of drug-likeness (QED) is 0.717. The lowest BCUT2D eigenvalue weighted by molar-refractivity contribution is -0.121. The van der Waals surface area contributed by atoms with Crippen molar-refractivity contribution in [1.29, 1.82) is 0 Å². The summed E-state index contributed by atoms with van der Waals surface area (Å²) in [6.45, 7) is 9.95. The Kier molecular flexibility index (Phi) is 7.31. The van der Waals surface area contributed by atoms with E-state index in [1.807, 2.05) is 13.8 Å². The lowest BCUT2D eigenvalue weighted by atomic mass is 10.0. The highest BCUT2D eigenvalue weighted by Gasteiger charge is 2.02. The highest BCUT2D eigenvalue weighted by molar-refractivity contribution is 5.76. The van der Waals surface area contributed by atoms with Crippen molar-refractivity contribution < 1.29 is 4.79 Å². The molecule has 2 N–H and O–H groups in total. The van der Waals surface area contributed by atoms with Gasteiger partial charge in [-0.05, 0) is 37.3 Å². The summed E-state index contributed by atoms with van der Waals surface area (Å²) in [5, 5.41) is 6.19. The summed E-state index contributed by atoms with van der Waals surface area (Å²) in [6, 6.07) is 8.94. The maximum Gasteiger partial charge on any atom is 0.221 e. The van der Waals surface area contributed by atoms with E-state index >= 15 is 0 Å². The van der Waals surface area contributed by atoms with Gasteiger partial charge in [0.25, 0.3) is 0 Å². The summed E-state index contributed by atoms with van der Waals surface area (Å²) in [7, 11) is 0. The molecule has 20 heavy (non-hydrogen) atoms. The van der Waals surface area contributed by atoms with Gasteiger partial charge in [0.1, 0.15) is 0 Å². The number of benzene rings is 1. The molecule has 0 aliphatic rings. The number of hydrogen-bond donors (Lipinski definition) is 2. The van der Waals surface area contributed by atoms with Crippen LogP contribution in [0.25, 0.3) is 0 Å². The van der Waals surface area contributed by atoms with Gasteiger partial charge >= 0.3 is 0 Å². The van der Waals surface area contributed by atoms with Crippen molar-refractivity contribution in [3.05, 3.63) is 35.4 Å². The standard InChI is InChI=1S/C17H28N2O/c1-13(2)11-15-5-7-16(8-6-15)12-18-10-9-17(20)19-14(3)4/h5-8,13-14,18H,9-12H2,1-4H3,(H,19,20). The first-order valence-corrected chi connectivity index (χ1v) is 7.55. The number of hydrogen-bond acceptors (Lipinski definition) is 2. The molecule has 3 heteroatoms. The van der Waals surface area contributed by atoms with Gasteiger partial charge in [-0.1, -0.05) is 38.1 Å². The minimum Gasteiger partial charge on any atom is -0.354 e. The van der Waals surface area contributed by atoms with Crippen molar-refractivity contribution in [2.45, 2.75) is 53.1 Å². The molecule has 0 atom stereocenters. The van der Waals surface area contributed by atoms with Crippen LogP contribution in [0, 0.1) is 5.92 Å². The number of nitrogens with one attached hydrogen (secondary N) is 2. The average molecular weight is 276 g/mol. The van der Waals surface area contributed by atoms with Crippen molar-refractivity contribution in [3.8, 4) is 0 Å². The van der Waals surface area contributed by atoms with E-state index in [-0.39, 0.29) is 11.9 Å². The molecule has 1 amide bonds. The van der Waals surface area contributed by atoms with Crippen molar-refractivity contribution in [3.63, 3.8) is 0 Å². The maximum absolute atomic E-state index is 11.5. The van der Waals surface area contributed by atoms with Gasteiger partial charge in [0.2, 0.25) is 5.91 Å². The van der Waals surface area contributed by atoms with Gasteiger partial charge in [0, 0.05) is 25.6 Å². The van der Waals surface area contributed by atoms with Crippen LogP contribution in [0.5, 0.6) is 0 Å². The fourth-order valence-electron chi connectivity index (χ4n) is 2.09. The Balaban J connectivity index is 2.23. The molecule has 0 saturated carbocycles. The predicted molar refractivity (Wildman–Crippen MR) is 84.6 cm³/mol. The fourth-order valence-corrected chi connectivity index (χ4v) is 2.09. The van der Waals surface area contributed by atoms with E-state index < -0.39 is 0 Å². The summed E-state index contributed by atoms with van der Waals surface area (Å²) in [6.07, 6.45) is 1.66. The van der Waals surface area contributed by atoms with E-state index in [0.717, 1.165) is 13.0 Å². The minimum atomic E-state index is 0.111. The molecule has 0 aliphatic heterocycles. The molecule has 1 aromatic carbocycles. The van der Waals surface area contributed by atoms with Crippen LogP contribution >= 0.6 is 0 Å². The molecule has 3 nitrogen and oxygen atoms in total. The zero-order valence-corrected chi connectivity index (χ0v) is 13.2. The molecule has 0 saturated heterocycles. The van der Waals surface area contributed by atoms with Gasteiger partial charge in [-0.25, -0.2) is 0 Å². The van der Waals surface area contributed by atoms with Crippen LogP contribution in [-0.4, -0.2) is 18.5 Å². The molecular weight excluding hydrogens is 248 g/mol. The van der Waals surface area contributed by atoms with Crippen molar-refractivity contribution >= 4 is 5.91 Å². The SMILES string of the molecule is CC(C)Cc1ccc(CNCCC(=O)NC(C)C)cc1. The van der Waals surface area contributed by atoms with Crippen LogP contribution in [0.3, 0.4) is 0 Å². The van der Waals surface area contributed by atoms with Gasteiger partial charge in [-0.2, -0.15) is 0 Å². The highest BCUT2D eigenvalue weighted by atomic mass is 16.1. The normalized spacial score (nSPS) is 11.1. The second-order valence-corrected chi connectivity index (χ2v) is 6.06. The van der Waals surface area contributed by atoms with Crippen molar-refractivity contribution in [2.75, 3.05) is 6.54 Å². The second kappa shape index (κ2) is 8.75. The van der Waals surface area contributed by atoms with E-state index in [0.29, 0.717) is 18.9 Å². The molecule has 0 heterocycles. The molecule has 0 radical (unpaired) electrons. The predicted octanol–water partition coefficient (Wildman–Crippen LogP) is 2.89. The zero-order chi connectivity index (χ0) is 15.0. The lowest BCUT2D eigenvalue weighted by Gasteiger charge is -2.09. The highest BCUT2D eigenvalue weighted by Crippen LogP contribution is 2.09. The first-order valence-electron chi connectivity index (χ1n) is 7.55. The topological polar surface area (TPSA) is 41.1 Å². The minimum absolute atomic E-state index is 0.111. The van der Waals surface area contributed by atoms with E-state index in [1.54, 1.807) is 0 Å². The molecule has 0 aromatic heterocycles. The van der Waals surface area contributed by atoms with Gasteiger partial charge in [-0.3, -0.25) is 4.79 Å². The van der Waals surface area contributed by atoms with Crippen molar-refractivity contribution in [1.82, 2.24) is 10.6 Å². The Labute approximate surface area is 123 Å². The zero-order valence-electron chi connectivity index (χ0n) is 13.2. The summed E-state index contributed by atoms with van der Waals surface area (Å²) < 4.78 is 0. The van der Waals surface area contributed by atoms with E-state index in [9.17, 15) is 4.79 Å². The molecule has 0 aliphatic carbocycles. The molecule has 0 spiro atoms. The molecule has 0 fully saturated rings. The third-order valence-electron chi connectivity index (χ3n) is 2.97. The Hall–Kier alpha value is -1.35. The Morgan fingerprint density at radius 1 is 1.05 bits per heavy atom. The van der Waals surface area contributed by atoms with Crippen LogP contribution in [0.15, 0.2) is 24.3 Å². The number of carbonyl (C=O) groups is 1. The number of amides is 1. The first-order chi connectivity index (χ1) is 9.47. The van der Waals surface area contributed by atoms with E-state index in [2.05, 4.69) is 48.7 Å². The molecule has 0 bridgehead atoms. The summed E-state index contributed by atoms with van der Waals surface area (Å²) in [5.41, 5.74) is 2.65. The summed E-state index contributed by atoms with van der Waals surface area (Å²) in [5.74, 6) is 0.804. The fraction of sp³-hybridized carbons (Fsp3) is 0.588. The molecule has 112 valence electrons. The first kappa shape index (κ1) is 16.7. The van der Waals surface area contributed by atoms with Crippen LogP contribution in [0.4, 0.5) is 0 Å². The smallest absolute Gasteiger partial charge is 0.221 e. The van der Waals surface area contributed by atoms with Gasteiger partial charge in [-0.15, -0.1) is 0 Å². The maximum atomic E-state index is 11.5. The molecular formula is C17H28N2O. The third kappa shape index (κ3) is 7.29. The Bertz CT molecular complexity index is 396. The average Bonchev–Trinajstić information content (AvgIpc) is 2.35. The molecule has 1 aromatic rings. The van der Waals surface area contributed by atoms with Crippen molar-refractivity contribution in [2.24, 2.45) is 5.92 Å². The van der Waals surface area contributed by atoms with Crippen LogP contribution < -0.4 is 10.6 Å². The van der Waals surface area contributed by atoms with Gasteiger partial charge in [0.05, 0.1) is 0 Å². The van der Waals surface area contributed by atoms with E-state index in [4.69, 9.17) is 0 Å². The summed E-state index contributed by atoms with van der Waals surface area (Å²) in [4.78, 5) is 11.5. The Morgan fingerprint density at radius 3 is 2.20 bits per heavy atom. The van der Waals surface area contributed by atoms with Gasteiger partial charge in [0.15, 0.2) is 0 Å². The van der Waals surface area contributed by atoms with Gasteiger partial charge < -0.3 is 10.6 Å². The van der Waals surface area contributed by atoms with Crippen LogP contribution in [0.2, 0.25) is 0 Å². The van der Waals surface area contributed by atoms with Crippen LogP contribution in [-0.2, 0) is 17.8 Å². The lowest BCUT2D eigenvalue weighted by Crippen LogP contribution is -2.32. The number of carbonyl (C=O) groups excluding carboxylic acids is 1. The summed E-state index contributed by atoms with van der Waals surface area (Å²) >= 11 is 0. The largest absolute Gasteiger partial charge is 0.354 e. The third-order valence-corrected chi connectivity index (χ3v) is 2.97.